The minimum Gasteiger partial charge on any atom is -0.510 e. The van der Waals surface area contributed by atoms with Crippen molar-refractivity contribution < 1.29 is 9.90 Å². The van der Waals surface area contributed by atoms with E-state index in [-0.39, 0.29) is 17.2 Å². The van der Waals surface area contributed by atoms with Crippen LogP contribution in [0.5, 0.6) is 0 Å². The molecular weight excluding hydrogens is 204 g/mol. The van der Waals surface area contributed by atoms with Gasteiger partial charge in [0.25, 0.3) is 0 Å². The SMILES string of the molecule is Cc1ccccc1N=NC1=C(O)CCC1=O. The van der Waals surface area contributed by atoms with Gasteiger partial charge in [-0.1, -0.05) is 18.2 Å². The average molecular weight is 216 g/mol. The summed E-state index contributed by atoms with van der Waals surface area (Å²) in [5.41, 5.74) is 1.79. The first-order chi connectivity index (χ1) is 7.68. The number of aliphatic hydroxyl groups is 1. The van der Waals surface area contributed by atoms with E-state index in [0.717, 1.165) is 5.56 Å². The van der Waals surface area contributed by atoms with E-state index in [0.29, 0.717) is 18.5 Å². The first-order valence-corrected chi connectivity index (χ1v) is 5.11. The molecule has 16 heavy (non-hydrogen) atoms. The molecule has 1 aromatic carbocycles. The van der Waals surface area contributed by atoms with Gasteiger partial charge in [0.05, 0.1) is 5.69 Å². The van der Waals surface area contributed by atoms with Gasteiger partial charge in [-0.3, -0.25) is 4.79 Å². The van der Waals surface area contributed by atoms with Gasteiger partial charge in [-0.2, -0.15) is 5.11 Å². The van der Waals surface area contributed by atoms with Crippen molar-refractivity contribution >= 4 is 11.5 Å². The molecule has 4 nitrogen and oxygen atoms in total. The lowest BCUT2D eigenvalue weighted by Gasteiger charge is -1.97. The molecule has 1 aliphatic carbocycles. The van der Waals surface area contributed by atoms with Gasteiger partial charge in [-0.05, 0) is 18.6 Å². The molecule has 0 aromatic heterocycles. The molecule has 1 aliphatic rings. The fraction of sp³-hybridized carbons (Fsp3) is 0.250. The standard InChI is InChI=1S/C12H12N2O2/c1-8-4-2-3-5-9(8)13-14-12-10(15)6-7-11(12)16/h2-5,15H,6-7H2,1H3. The topological polar surface area (TPSA) is 62.0 Å². The summed E-state index contributed by atoms with van der Waals surface area (Å²) in [5.74, 6) is -0.0998. The molecule has 1 N–H and O–H groups in total. The van der Waals surface area contributed by atoms with E-state index in [2.05, 4.69) is 10.2 Å². The Morgan fingerprint density at radius 3 is 2.56 bits per heavy atom. The average Bonchev–Trinajstić information content (AvgIpc) is 2.58. The van der Waals surface area contributed by atoms with E-state index >= 15 is 0 Å². The summed E-state index contributed by atoms with van der Waals surface area (Å²) >= 11 is 0. The molecular formula is C12H12N2O2. The Morgan fingerprint density at radius 2 is 1.94 bits per heavy atom. The molecule has 2 rings (SSSR count). The van der Waals surface area contributed by atoms with Crippen molar-refractivity contribution in [2.45, 2.75) is 19.8 Å². The number of hydrogen-bond donors (Lipinski definition) is 1. The molecule has 0 unspecified atom stereocenters. The summed E-state index contributed by atoms with van der Waals surface area (Å²) < 4.78 is 0. The quantitative estimate of drug-likeness (QED) is 0.771. The van der Waals surface area contributed by atoms with Crippen LogP contribution in [-0.2, 0) is 4.79 Å². The lowest BCUT2D eigenvalue weighted by molar-refractivity contribution is -0.114. The van der Waals surface area contributed by atoms with Crippen molar-refractivity contribution in [2.24, 2.45) is 10.2 Å². The molecule has 0 saturated carbocycles. The zero-order valence-electron chi connectivity index (χ0n) is 8.97. The van der Waals surface area contributed by atoms with Crippen molar-refractivity contribution in [2.75, 3.05) is 0 Å². The molecule has 0 heterocycles. The number of nitrogens with zero attached hydrogens (tertiary/aromatic N) is 2. The second-order valence-corrected chi connectivity index (χ2v) is 3.70. The normalized spacial score (nSPS) is 16.4. The number of azo groups is 1. The number of Topliss-reactive ketones (excluding diaryl/α,β-unsaturated/α-hetero) is 1. The third-order valence-corrected chi connectivity index (χ3v) is 2.50. The number of allylic oxidation sites excluding steroid dienone is 2. The Bertz CT molecular complexity index is 490. The number of aliphatic hydroxyl groups excluding tert-OH is 1. The van der Waals surface area contributed by atoms with Gasteiger partial charge in [0.2, 0.25) is 0 Å². The fourth-order valence-electron chi connectivity index (χ4n) is 1.52. The van der Waals surface area contributed by atoms with Gasteiger partial charge in [-0.15, -0.1) is 5.11 Å². The van der Waals surface area contributed by atoms with Gasteiger partial charge in [-0.25, -0.2) is 0 Å². The van der Waals surface area contributed by atoms with Crippen molar-refractivity contribution in [3.05, 3.63) is 41.3 Å². The van der Waals surface area contributed by atoms with Crippen LogP contribution < -0.4 is 0 Å². The van der Waals surface area contributed by atoms with Crippen molar-refractivity contribution in [1.29, 1.82) is 0 Å². The number of benzene rings is 1. The molecule has 0 radical (unpaired) electrons. The summed E-state index contributed by atoms with van der Waals surface area (Å²) in [6.07, 6.45) is 0.703. The lowest BCUT2D eigenvalue weighted by atomic mass is 10.2. The van der Waals surface area contributed by atoms with Gasteiger partial charge < -0.3 is 5.11 Å². The number of carbonyl (C=O) groups excluding carboxylic acids is 1. The zero-order chi connectivity index (χ0) is 11.5. The molecule has 4 heteroatoms. The van der Waals surface area contributed by atoms with Crippen LogP contribution in [-0.4, -0.2) is 10.9 Å². The molecule has 0 aliphatic heterocycles. The van der Waals surface area contributed by atoms with E-state index in [1.54, 1.807) is 0 Å². The second-order valence-electron chi connectivity index (χ2n) is 3.70. The van der Waals surface area contributed by atoms with E-state index in [4.69, 9.17) is 0 Å². The Hall–Kier alpha value is -1.97. The van der Waals surface area contributed by atoms with E-state index in [1.807, 2.05) is 31.2 Å². The Labute approximate surface area is 93.3 Å². The highest BCUT2D eigenvalue weighted by Crippen LogP contribution is 2.24. The predicted molar refractivity (Wildman–Crippen MR) is 59.6 cm³/mol. The highest BCUT2D eigenvalue weighted by molar-refractivity contribution is 5.97. The zero-order valence-corrected chi connectivity index (χ0v) is 8.97. The lowest BCUT2D eigenvalue weighted by Crippen LogP contribution is -1.92. The summed E-state index contributed by atoms with van der Waals surface area (Å²) in [6.45, 7) is 1.92. The van der Waals surface area contributed by atoms with Gasteiger partial charge in [0.1, 0.15) is 5.76 Å². The van der Waals surface area contributed by atoms with Crippen LogP contribution in [0.4, 0.5) is 5.69 Å². The second kappa shape index (κ2) is 4.26. The van der Waals surface area contributed by atoms with Gasteiger partial charge >= 0.3 is 0 Å². The Balaban J connectivity index is 2.25. The third-order valence-electron chi connectivity index (χ3n) is 2.50. The molecule has 82 valence electrons. The van der Waals surface area contributed by atoms with Crippen molar-refractivity contribution in [3.63, 3.8) is 0 Å². The van der Waals surface area contributed by atoms with Crippen LogP contribution in [0.25, 0.3) is 0 Å². The van der Waals surface area contributed by atoms with Crippen LogP contribution >= 0.6 is 0 Å². The molecule has 0 saturated heterocycles. The summed E-state index contributed by atoms with van der Waals surface area (Å²) in [4.78, 5) is 11.3. The number of carbonyl (C=O) groups is 1. The van der Waals surface area contributed by atoms with Crippen molar-refractivity contribution in [3.8, 4) is 0 Å². The van der Waals surface area contributed by atoms with E-state index < -0.39 is 0 Å². The summed E-state index contributed by atoms with van der Waals surface area (Å²) in [7, 11) is 0. The Kier molecular flexibility index (Phi) is 2.81. The maximum Gasteiger partial charge on any atom is 0.186 e. The molecule has 1 aromatic rings. The molecule has 0 spiro atoms. The minimum atomic E-state index is -0.144. The fourth-order valence-corrected chi connectivity index (χ4v) is 1.52. The molecule has 0 fully saturated rings. The van der Waals surface area contributed by atoms with Gasteiger partial charge in [0, 0.05) is 12.8 Å². The first kappa shape index (κ1) is 10.5. The molecule has 0 atom stereocenters. The first-order valence-electron chi connectivity index (χ1n) is 5.11. The van der Waals surface area contributed by atoms with Crippen LogP contribution in [0.2, 0.25) is 0 Å². The molecule has 0 amide bonds. The highest BCUT2D eigenvalue weighted by Gasteiger charge is 2.22. The minimum absolute atomic E-state index is 0.0438. The summed E-state index contributed by atoms with van der Waals surface area (Å²) in [6, 6.07) is 7.49. The summed E-state index contributed by atoms with van der Waals surface area (Å²) in [5, 5.41) is 17.2. The maximum absolute atomic E-state index is 11.3. The smallest absolute Gasteiger partial charge is 0.186 e. The number of aryl methyl sites for hydroxylation is 1. The van der Waals surface area contributed by atoms with Crippen LogP contribution in [0, 0.1) is 6.92 Å². The van der Waals surface area contributed by atoms with Crippen molar-refractivity contribution in [1.82, 2.24) is 0 Å². The van der Waals surface area contributed by atoms with Gasteiger partial charge in [0.15, 0.2) is 11.5 Å². The number of ketones is 1. The van der Waals surface area contributed by atoms with Crippen LogP contribution in [0.1, 0.15) is 18.4 Å². The van der Waals surface area contributed by atoms with E-state index in [1.165, 1.54) is 0 Å². The maximum atomic E-state index is 11.3. The molecule has 0 bridgehead atoms. The van der Waals surface area contributed by atoms with E-state index in [9.17, 15) is 9.90 Å². The predicted octanol–water partition coefficient (Wildman–Crippen LogP) is 3.21. The Morgan fingerprint density at radius 1 is 1.19 bits per heavy atom. The number of hydrogen-bond acceptors (Lipinski definition) is 4. The monoisotopic (exact) mass is 216 g/mol. The van der Waals surface area contributed by atoms with Crippen LogP contribution in [0.15, 0.2) is 46.0 Å². The third kappa shape index (κ3) is 2.00. The largest absolute Gasteiger partial charge is 0.510 e. The number of rotatable bonds is 2. The highest BCUT2D eigenvalue weighted by atomic mass is 16.3. The van der Waals surface area contributed by atoms with Crippen LogP contribution in [0.3, 0.4) is 0 Å².